The van der Waals surface area contributed by atoms with Gasteiger partial charge < -0.3 is 15.4 Å². The average Bonchev–Trinajstić information content (AvgIpc) is 2.54. The van der Waals surface area contributed by atoms with Crippen molar-refractivity contribution in [3.8, 4) is 0 Å². The molecule has 2 N–H and O–H groups in total. The van der Waals surface area contributed by atoms with Gasteiger partial charge in [-0.2, -0.15) is 0 Å². The first-order valence-corrected chi connectivity index (χ1v) is 7.40. The maximum atomic E-state index is 6.27. The topological polar surface area (TPSA) is 38.5 Å². The lowest BCUT2D eigenvalue weighted by molar-refractivity contribution is -0.00839. The molecule has 2 atom stereocenters. The maximum absolute atomic E-state index is 6.27. The Kier molecular flexibility index (Phi) is 6.09. The van der Waals surface area contributed by atoms with Crippen LogP contribution in [0.3, 0.4) is 0 Å². The van der Waals surface area contributed by atoms with Crippen molar-refractivity contribution in [2.75, 3.05) is 26.7 Å². The van der Waals surface area contributed by atoms with Crippen LogP contribution in [0.2, 0.25) is 0 Å². The quantitative estimate of drug-likeness (QED) is 0.821. The van der Waals surface area contributed by atoms with E-state index in [0.717, 1.165) is 18.4 Å². The van der Waals surface area contributed by atoms with Crippen LogP contribution in [-0.4, -0.2) is 43.3 Å². The lowest BCUT2D eigenvalue weighted by Crippen LogP contribution is -2.51. The summed E-state index contributed by atoms with van der Waals surface area (Å²) in [5.74, 6) is 1.70. The minimum absolute atomic E-state index is 0.0816. The van der Waals surface area contributed by atoms with Gasteiger partial charge in [0, 0.05) is 19.7 Å². The molecule has 0 amide bonds. The minimum Gasteiger partial charge on any atom is -0.377 e. The molecule has 3 nitrogen and oxygen atoms in total. The fraction of sp³-hybridized carbons (Fsp3) is 1.00. The standard InChI is InChI=1S/C15H32N2O/c1-12(2)13-7-6-9-17(10-8-13)11-14(16)15(3,4)18-5/h12-14H,6-11,16H2,1-5H3. The van der Waals surface area contributed by atoms with Crippen LogP contribution in [-0.2, 0) is 4.74 Å². The van der Waals surface area contributed by atoms with Gasteiger partial charge in [-0.15, -0.1) is 0 Å². The highest BCUT2D eigenvalue weighted by molar-refractivity contribution is 4.86. The highest BCUT2D eigenvalue weighted by Crippen LogP contribution is 2.25. The molecule has 0 aromatic heterocycles. The Morgan fingerprint density at radius 3 is 2.50 bits per heavy atom. The van der Waals surface area contributed by atoms with Crippen LogP contribution in [0.25, 0.3) is 0 Å². The van der Waals surface area contributed by atoms with Gasteiger partial charge in [0.15, 0.2) is 0 Å². The number of hydrogen-bond acceptors (Lipinski definition) is 3. The second kappa shape index (κ2) is 6.88. The normalized spacial score (nSPS) is 25.2. The van der Waals surface area contributed by atoms with E-state index in [4.69, 9.17) is 10.5 Å². The molecular weight excluding hydrogens is 224 g/mol. The summed E-state index contributed by atoms with van der Waals surface area (Å²) in [4.78, 5) is 2.52. The predicted molar refractivity (Wildman–Crippen MR) is 77.7 cm³/mol. The Morgan fingerprint density at radius 1 is 1.28 bits per heavy atom. The monoisotopic (exact) mass is 256 g/mol. The van der Waals surface area contributed by atoms with Gasteiger partial charge in [0.2, 0.25) is 0 Å². The molecular formula is C15H32N2O. The third-order valence-electron chi connectivity index (χ3n) is 4.68. The molecule has 18 heavy (non-hydrogen) atoms. The third kappa shape index (κ3) is 4.52. The van der Waals surface area contributed by atoms with Crippen LogP contribution >= 0.6 is 0 Å². The van der Waals surface area contributed by atoms with E-state index in [1.54, 1.807) is 7.11 Å². The highest BCUT2D eigenvalue weighted by atomic mass is 16.5. The molecule has 1 saturated heterocycles. The molecule has 108 valence electrons. The van der Waals surface area contributed by atoms with Crippen molar-refractivity contribution in [3.05, 3.63) is 0 Å². The van der Waals surface area contributed by atoms with Gasteiger partial charge in [-0.05, 0) is 58.0 Å². The molecule has 1 fully saturated rings. The van der Waals surface area contributed by atoms with Crippen molar-refractivity contribution < 1.29 is 4.74 Å². The second-order valence-corrected chi connectivity index (χ2v) is 6.65. The van der Waals surface area contributed by atoms with Crippen LogP contribution in [0.4, 0.5) is 0 Å². The first kappa shape index (κ1) is 15.9. The summed E-state index contributed by atoms with van der Waals surface area (Å²) >= 11 is 0. The fourth-order valence-electron chi connectivity index (χ4n) is 2.68. The van der Waals surface area contributed by atoms with Crippen LogP contribution in [0.1, 0.15) is 47.0 Å². The van der Waals surface area contributed by atoms with Gasteiger partial charge in [0.05, 0.1) is 5.60 Å². The summed E-state index contributed by atoms with van der Waals surface area (Å²) in [6.07, 6.45) is 4.00. The van der Waals surface area contributed by atoms with Crippen molar-refractivity contribution in [1.82, 2.24) is 4.90 Å². The molecule has 0 aromatic carbocycles. The summed E-state index contributed by atoms with van der Waals surface area (Å²) in [5, 5.41) is 0. The molecule has 0 radical (unpaired) electrons. The fourth-order valence-corrected chi connectivity index (χ4v) is 2.68. The van der Waals surface area contributed by atoms with Gasteiger partial charge in [0.25, 0.3) is 0 Å². The third-order valence-corrected chi connectivity index (χ3v) is 4.68. The Morgan fingerprint density at radius 2 is 1.94 bits per heavy atom. The van der Waals surface area contributed by atoms with Crippen LogP contribution < -0.4 is 5.73 Å². The Balaban J connectivity index is 2.44. The summed E-state index contributed by atoms with van der Waals surface area (Å²) in [6.45, 7) is 12.2. The van der Waals surface area contributed by atoms with Crippen molar-refractivity contribution in [2.24, 2.45) is 17.6 Å². The van der Waals surface area contributed by atoms with Gasteiger partial charge in [-0.25, -0.2) is 0 Å². The van der Waals surface area contributed by atoms with E-state index in [9.17, 15) is 0 Å². The summed E-state index contributed by atoms with van der Waals surface area (Å²) in [7, 11) is 1.75. The molecule has 0 saturated carbocycles. The molecule has 1 aliphatic heterocycles. The Hall–Kier alpha value is -0.120. The molecule has 1 rings (SSSR count). The van der Waals surface area contributed by atoms with Gasteiger partial charge in [-0.3, -0.25) is 0 Å². The van der Waals surface area contributed by atoms with Crippen molar-refractivity contribution in [1.29, 1.82) is 0 Å². The zero-order valence-electron chi connectivity index (χ0n) is 12.9. The van der Waals surface area contributed by atoms with E-state index in [1.807, 2.05) is 0 Å². The average molecular weight is 256 g/mol. The number of likely N-dealkylation sites (tertiary alicyclic amines) is 1. The molecule has 3 heteroatoms. The van der Waals surface area contributed by atoms with Gasteiger partial charge in [0.1, 0.15) is 0 Å². The number of ether oxygens (including phenoxy) is 1. The SMILES string of the molecule is COC(C)(C)C(N)CN1CCCC(C(C)C)CC1. The molecule has 2 unspecified atom stereocenters. The Bertz CT molecular complexity index is 241. The second-order valence-electron chi connectivity index (χ2n) is 6.65. The number of hydrogen-bond donors (Lipinski definition) is 1. The largest absolute Gasteiger partial charge is 0.377 e. The van der Waals surface area contributed by atoms with Crippen molar-refractivity contribution in [2.45, 2.75) is 58.6 Å². The number of nitrogens with zero attached hydrogens (tertiary/aromatic N) is 1. The number of rotatable bonds is 5. The van der Waals surface area contributed by atoms with Crippen LogP contribution in [0.15, 0.2) is 0 Å². The lowest BCUT2D eigenvalue weighted by Gasteiger charge is -2.34. The van der Waals surface area contributed by atoms with E-state index in [-0.39, 0.29) is 11.6 Å². The first-order valence-electron chi connectivity index (χ1n) is 7.40. The van der Waals surface area contributed by atoms with Crippen molar-refractivity contribution in [3.63, 3.8) is 0 Å². The Labute approximate surface area is 113 Å². The first-order chi connectivity index (χ1) is 8.36. The van der Waals surface area contributed by atoms with E-state index >= 15 is 0 Å². The van der Waals surface area contributed by atoms with Crippen LogP contribution in [0.5, 0.6) is 0 Å². The van der Waals surface area contributed by atoms with Crippen LogP contribution in [0, 0.1) is 11.8 Å². The molecule has 0 bridgehead atoms. The summed E-state index contributed by atoms with van der Waals surface area (Å²) in [5.41, 5.74) is 6.04. The maximum Gasteiger partial charge on any atom is 0.0785 e. The molecule has 1 heterocycles. The van der Waals surface area contributed by atoms with E-state index in [1.165, 1.54) is 32.4 Å². The molecule has 0 spiro atoms. The summed E-state index contributed by atoms with van der Waals surface area (Å²) in [6, 6.07) is 0.0816. The van der Waals surface area contributed by atoms with Crippen molar-refractivity contribution >= 4 is 0 Å². The number of nitrogens with two attached hydrogens (primary N) is 1. The lowest BCUT2D eigenvalue weighted by atomic mass is 9.89. The minimum atomic E-state index is -0.232. The molecule has 1 aliphatic rings. The number of methoxy groups -OCH3 is 1. The summed E-state index contributed by atoms with van der Waals surface area (Å²) < 4.78 is 5.48. The smallest absolute Gasteiger partial charge is 0.0785 e. The van der Waals surface area contributed by atoms with Gasteiger partial charge in [-0.1, -0.05) is 13.8 Å². The molecule has 0 aliphatic carbocycles. The van der Waals surface area contributed by atoms with E-state index in [0.29, 0.717) is 0 Å². The molecule has 0 aromatic rings. The highest BCUT2D eigenvalue weighted by Gasteiger charge is 2.28. The van der Waals surface area contributed by atoms with E-state index < -0.39 is 0 Å². The van der Waals surface area contributed by atoms with Gasteiger partial charge >= 0.3 is 0 Å². The predicted octanol–water partition coefficient (Wildman–Crippen LogP) is 2.50. The van der Waals surface area contributed by atoms with E-state index in [2.05, 4.69) is 32.6 Å². The zero-order valence-corrected chi connectivity index (χ0v) is 12.9. The zero-order chi connectivity index (χ0) is 13.8.